The number of carbonyl (C=O) groups excluding carboxylic acids is 1. The summed E-state index contributed by atoms with van der Waals surface area (Å²) in [5, 5.41) is 8.58. The average Bonchev–Trinajstić information content (AvgIpc) is 2.43. The largest absolute Gasteiger partial charge is 0.295 e. The van der Waals surface area contributed by atoms with Crippen LogP contribution in [-0.2, 0) is 0 Å². The number of nitriles is 1. The number of rotatable bonds is 7. The van der Waals surface area contributed by atoms with Crippen LogP contribution in [-0.4, -0.2) is 30.3 Å². The number of hydrogen-bond acceptors (Lipinski definition) is 3. The number of carbonyl (C=O) groups is 1. The van der Waals surface area contributed by atoms with E-state index in [0.717, 1.165) is 12.1 Å². The van der Waals surface area contributed by atoms with Crippen LogP contribution in [0.4, 0.5) is 0 Å². The predicted octanol–water partition coefficient (Wildman–Crippen LogP) is 3.23. The smallest absolute Gasteiger partial charge is 0.176 e. The molecule has 0 unspecified atom stereocenters. The van der Waals surface area contributed by atoms with Crippen LogP contribution in [0.2, 0.25) is 0 Å². The Labute approximate surface area is 115 Å². The molecule has 0 radical (unpaired) electrons. The van der Waals surface area contributed by atoms with Gasteiger partial charge in [-0.2, -0.15) is 5.26 Å². The van der Waals surface area contributed by atoms with Crippen molar-refractivity contribution in [2.75, 3.05) is 19.6 Å². The van der Waals surface area contributed by atoms with Crippen LogP contribution in [0.3, 0.4) is 0 Å². The van der Waals surface area contributed by atoms with Gasteiger partial charge in [-0.15, -0.1) is 0 Å². The first-order chi connectivity index (χ1) is 9.08. The zero-order chi connectivity index (χ0) is 14.3. The topological polar surface area (TPSA) is 44.1 Å². The third-order valence-corrected chi connectivity index (χ3v) is 3.25. The molecular weight excluding hydrogens is 236 g/mol. The predicted molar refractivity (Wildman–Crippen MR) is 77.2 cm³/mol. The van der Waals surface area contributed by atoms with Gasteiger partial charge in [0.15, 0.2) is 5.78 Å². The van der Waals surface area contributed by atoms with E-state index in [-0.39, 0.29) is 5.78 Å². The Balaban J connectivity index is 2.64. The Morgan fingerprint density at radius 2 is 1.95 bits per heavy atom. The van der Waals surface area contributed by atoms with Crippen molar-refractivity contribution in [1.82, 2.24) is 4.90 Å². The van der Waals surface area contributed by atoms with Gasteiger partial charge in [0.25, 0.3) is 0 Å². The fourth-order valence-corrected chi connectivity index (χ4v) is 1.91. The Morgan fingerprint density at radius 1 is 1.32 bits per heavy atom. The van der Waals surface area contributed by atoms with E-state index in [9.17, 15) is 4.79 Å². The number of benzene rings is 1. The molecule has 0 N–H and O–H groups in total. The van der Waals surface area contributed by atoms with E-state index in [0.29, 0.717) is 25.4 Å². The summed E-state index contributed by atoms with van der Waals surface area (Å²) in [7, 11) is 0. The lowest BCUT2D eigenvalue weighted by atomic mass is 10.0. The Morgan fingerprint density at radius 3 is 2.42 bits per heavy atom. The summed E-state index contributed by atoms with van der Waals surface area (Å²) in [5.41, 5.74) is 1.99. The first kappa shape index (κ1) is 15.4. The quantitative estimate of drug-likeness (QED) is 0.705. The standard InChI is InChI=1S/C16H22N2O/c1-4-18(11-5-10-17)12-16(19)15-8-6-14(7-9-15)13(2)3/h6-9,13H,4-5,11-12H2,1-3H3. The maximum atomic E-state index is 12.1. The molecule has 1 rings (SSSR count). The molecule has 0 spiro atoms. The monoisotopic (exact) mass is 258 g/mol. The number of Topliss-reactive ketones (excluding diaryl/α,β-unsaturated/α-hetero) is 1. The van der Waals surface area contributed by atoms with Crippen LogP contribution < -0.4 is 0 Å². The second-order valence-corrected chi connectivity index (χ2v) is 4.98. The van der Waals surface area contributed by atoms with Crippen molar-refractivity contribution in [2.24, 2.45) is 0 Å². The fourth-order valence-electron chi connectivity index (χ4n) is 1.91. The minimum Gasteiger partial charge on any atom is -0.295 e. The highest BCUT2D eigenvalue weighted by molar-refractivity contribution is 5.97. The van der Waals surface area contributed by atoms with Gasteiger partial charge in [-0.25, -0.2) is 0 Å². The lowest BCUT2D eigenvalue weighted by Crippen LogP contribution is -2.30. The molecule has 0 aromatic heterocycles. The van der Waals surface area contributed by atoms with Crippen molar-refractivity contribution in [3.8, 4) is 6.07 Å². The minimum absolute atomic E-state index is 0.120. The molecule has 0 heterocycles. The van der Waals surface area contributed by atoms with Crippen molar-refractivity contribution in [3.05, 3.63) is 35.4 Å². The summed E-state index contributed by atoms with van der Waals surface area (Å²) in [6.45, 7) is 8.11. The average molecular weight is 258 g/mol. The van der Waals surface area contributed by atoms with Crippen LogP contribution in [0.15, 0.2) is 24.3 Å². The number of nitrogens with zero attached hydrogens (tertiary/aromatic N) is 2. The van der Waals surface area contributed by atoms with Crippen LogP contribution in [0.1, 0.15) is 49.0 Å². The van der Waals surface area contributed by atoms with Gasteiger partial charge in [0.2, 0.25) is 0 Å². The molecule has 0 fully saturated rings. The summed E-state index contributed by atoms with van der Waals surface area (Å²) < 4.78 is 0. The highest BCUT2D eigenvalue weighted by atomic mass is 16.1. The van der Waals surface area contributed by atoms with E-state index in [2.05, 4.69) is 19.9 Å². The van der Waals surface area contributed by atoms with E-state index in [1.54, 1.807) is 0 Å². The van der Waals surface area contributed by atoms with Gasteiger partial charge >= 0.3 is 0 Å². The first-order valence-corrected chi connectivity index (χ1v) is 6.81. The molecule has 19 heavy (non-hydrogen) atoms. The molecule has 0 saturated carbocycles. The number of hydrogen-bond donors (Lipinski definition) is 0. The molecule has 3 heteroatoms. The zero-order valence-electron chi connectivity index (χ0n) is 12.0. The van der Waals surface area contributed by atoms with Crippen molar-refractivity contribution in [1.29, 1.82) is 5.26 Å². The lowest BCUT2D eigenvalue weighted by molar-refractivity contribution is 0.0935. The van der Waals surface area contributed by atoms with Crippen molar-refractivity contribution >= 4 is 5.78 Å². The molecule has 0 atom stereocenters. The fraction of sp³-hybridized carbons (Fsp3) is 0.500. The highest BCUT2D eigenvalue weighted by Crippen LogP contribution is 2.15. The van der Waals surface area contributed by atoms with E-state index < -0.39 is 0 Å². The first-order valence-electron chi connectivity index (χ1n) is 6.81. The van der Waals surface area contributed by atoms with Crippen LogP contribution in [0, 0.1) is 11.3 Å². The van der Waals surface area contributed by atoms with Gasteiger partial charge in [-0.1, -0.05) is 45.0 Å². The van der Waals surface area contributed by atoms with Gasteiger partial charge in [0.1, 0.15) is 0 Å². The third kappa shape index (κ3) is 4.84. The molecule has 1 aromatic carbocycles. The van der Waals surface area contributed by atoms with Crippen LogP contribution in [0.25, 0.3) is 0 Å². The van der Waals surface area contributed by atoms with Gasteiger partial charge in [0, 0.05) is 18.5 Å². The Bertz CT molecular complexity index is 443. The molecular formula is C16H22N2O. The molecule has 0 aliphatic carbocycles. The van der Waals surface area contributed by atoms with Gasteiger partial charge < -0.3 is 0 Å². The van der Waals surface area contributed by atoms with Crippen LogP contribution >= 0.6 is 0 Å². The molecule has 1 aromatic rings. The molecule has 0 bridgehead atoms. The number of likely N-dealkylation sites (N-methyl/N-ethyl adjacent to an activating group) is 1. The molecule has 0 saturated heterocycles. The second kappa shape index (κ2) is 7.70. The van der Waals surface area contributed by atoms with E-state index in [4.69, 9.17) is 5.26 Å². The molecule has 3 nitrogen and oxygen atoms in total. The van der Waals surface area contributed by atoms with E-state index in [1.807, 2.05) is 36.1 Å². The highest BCUT2D eigenvalue weighted by Gasteiger charge is 2.11. The van der Waals surface area contributed by atoms with Crippen molar-refractivity contribution in [3.63, 3.8) is 0 Å². The zero-order valence-corrected chi connectivity index (χ0v) is 12.0. The van der Waals surface area contributed by atoms with Crippen molar-refractivity contribution < 1.29 is 4.79 Å². The summed E-state index contributed by atoms with van der Waals surface area (Å²) in [4.78, 5) is 14.1. The van der Waals surface area contributed by atoms with E-state index in [1.165, 1.54) is 5.56 Å². The van der Waals surface area contributed by atoms with Crippen LogP contribution in [0.5, 0.6) is 0 Å². The van der Waals surface area contributed by atoms with Gasteiger partial charge in [-0.05, 0) is 18.0 Å². The third-order valence-electron chi connectivity index (χ3n) is 3.25. The van der Waals surface area contributed by atoms with Gasteiger partial charge in [0.05, 0.1) is 12.6 Å². The summed E-state index contributed by atoms with van der Waals surface area (Å²) in [6, 6.07) is 9.94. The maximum absolute atomic E-state index is 12.1. The Hall–Kier alpha value is -1.66. The van der Waals surface area contributed by atoms with E-state index >= 15 is 0 Å². The normalized spacial score (nSPS) is 10.7. The summed E-state index contributed by atoms with van der Waals surface area (Å²) in [5.74, 6) is 0.599. The number of ketones is 1. The maximum Gasteiger partial charge on any atom is 0.176 e. The minimum atomic E-state index is 0.120. The summed E-state index contributed by atoms with van der Waals surface area (Å²) in [6.07, 6.45) is 0.466. The van der Waals surface area contributed by atoms with Crippen molar-refractivity contribution in [2.45, 2.75) is 33.1 Å². The molecule has 102 valence electrons. The molecule has 0 aliphatic rings. The summed E-state index contributed by atoms with van der Waals surface area (Å²) >= 11 is 0. The SMILES string of the molecule is CCN(CCC#N)CC(=O)c1ccc(C(C)C)cc1. The Kier molecular flexibility index (Phi) is 6.24. The molecule has 0 amide bonds. The molecule has 0 aliphatic heterocycles. The second-order valence-electron chi connectivity index (χ2n) is 4.98. The lowest BCUT2D eigenvalue weighted by Gasteiger charge is -2.18. The van der Waals surface area contributed by atoms with Gasteiger partial charge in [-0.3, -0.25) is 9.69 Å².